The van der Waals surface area contributed by atoms with Gasteiger partial charge in [-0.15, -0.1) is 11.3 Å². The van der Waals surface area contributed by atoms with Crippen LogP contribution in [0.25, 0.3) is 0 Å². The summed E-state index contributed by atoms with van der Waals surface area (Å²) in [5.41, 5.74) is 0.945. The van der Waals surface area contributed by atoms with Crippen LogP contribution in [-0.2, 0) is 16.3 Å². The van der Waals surface area contributed by atoms with Crippen LogP contribution in [0.5, 0.6) is 0 Å². The van der Waals surface area contributed by atoms with Crippen molar-refractivity contribution in [3.63, 3.8) is 0 Å². The van der Waals surface area contributed by atoms with Crippen molar-refractivity contribution < 1.29 is 13.5 Å². The molecule has 0 aliphatic carbocycles. The predicted molar refractivity (Wildman–Crippen MR) is 72.7 cm³/mol. The highest BCUT2D eigenvalue weighted by molar-refractivity contribution is 7.91. The van der Waals surface area contributed by atoms with Crippen molar-refractivity contribution in [2.75, 3.05) is 18.1 Å². The molecule has 0 amide bonds. The Balaban J connectivity index is 1.92. The Kier molecular flexibility index (Phi) is 4.40. The van der Waals surface area contributed by atoms with Gasteiger partial charge in [0.15, 0.2) is 0 Å². The summed E-state index contributed by atoms with van der Waals surface area (Å²) in [4.78, 5) is 4.52. The van der Waals surface area contributed by atoms with Gasteiger partial charge in [0, 0.05) is 17.7 Å². The number of nitrogens with zero attached hydrogens (tertiary/aromatic N) is 1. The third-order valence-corrected chi connectivity index (χ3v) is 6.09. The van der Waals surface area contributed by atoms with E-state index in [2.05, 4.69) is 4.98 Å². The maximum atomic E-state index is 11.3. The lowest BCUT2D eigenvalue weighted by Crippen LogP contribution is -2.24. The van der Waals surface area contributed by atoms with E-state index in [9.17, 15) is 8.42 Å². The first-order valence-electron chi connectivity index (χ1n) is 6.26. The molecule has 0 radical (unpaired) electrons. The predicted octanol–water partition coefficient (Wildman–Crippen LogP) is 1.61. The molecule has 6 heteroatoms. The fraction of sp³-hybridized carbons (Fsp3) is 0.750. The number of thiazole rings is 1. The lowest BCUT2D eigenvalue weighted by molar-refractivity contribution is 0.271. The molecular formula is C12H19NO3S2. The quantitative estimate of drug-likeness (QED) is 0.914. The van der Waals surface area contributed by atoms with Gasteiger partial charge in [0.1, 0.15) is 9.84 Å². The van der Waals surface area contributed by atoms with Gasteiger partial charge in [0.2, 0.25) is 0 Å². The first-order valence-corrected chi connectivity index (χ1v) is 8.96. The molecule has 102 valence electrons. The van der Waals surface area contributed by atoms with Crippen LogP contribution in [0.3, 0.4) is 0 Å². The van der Waals surface area contributed by atoms with Crippen molar-refractivity contribution in [1.82, 2.24) is 4.98 Å². The third-order valence-electron chi connectivity index (χ3n) is 3.49. The zero-order chi connectivity index (χ0) is 13.2. The summed E-state index contributed by atoms with van der Waals surface area (Å²) in [5.74, 6) is 1.17. The van der Waals surface area contributed by atoms with Crippen LogP contribution in [0.1, 0.15) is 36.4 Å². The van der Waals surface area contributed by atoms with Crippen LogP contribution in [0.2, 0.25) is 0 Å². The highest BCUT2D eigenvalue weighted by Gasteiger charge is 2.24. The van der Waals surface area contributed by atoms with Gasteiger partial charge < -0.3 is 5.11 Å². The van der Waals surface area contributed by atoms with Crippen molar-refractivity contribution in [3.8, 4) is 0 Å². The average Bonchev–Trinajstić information content (AvgIpc) is 2.79. The molecule has 1 saturated heterocycles. The minimum absolute atomic E-state index is 0.0849. The Morgan fingerprint density at radius 1 is 1.50 bits per heavy atom. The minimum atomic E-state index is -2.77. The van der Waals surface area contributed by atoms with E-state index in [1.165, 1.54) is 0 Å². The van der Waals surface area contributed by atoms with Crippen LogP contribution in [-0.4, -0.2) is 36.6 Å². The largest absolute Gasteiger partial charge is 0.396 e. The first kappa shape index (κ1) is 14.0. The molecule has 1 fully saturated rings. The maximum absolute atomic E-state index is 11.3. The summed E-state index contributed by atoms with van der Waals surface area (Å²) in [7, 11) is -2.77. The number of hydrogen-bond acceptors (Lipinski definition) is 5. The topological polar surface area (TPSA) is 67.3 Å². The van der Waals surface area contributed by atoms with Crippen molar-refractivity contribution in [2.24, 2.45) is 5.92 Å². The number of aliphatic hydroxyl groups excluding tert-OH is 1. The Hall–Kier alpha value is -0.460. The SMILES string of the molecule is CC(CO)c1csc(CC2CCS(=O)(=O)CC2)n1. The fourth-order valence-corrected chi connectivity index (χ4v) is 4.75. The van der Waals surface area contributed by atoms with Crippen molar-refractivity contribution in [1.29, 1.82) is 0 Å². The summed E-state index contributed by atoms with van der Waals surface area (Å²) in [6, 6.07) is 0. The van der Waals surface area contributed by atoms with Crippen LogP contribution in [0, 0.1) is 5.92 Å². The smallest absolute Gasteiger partial charge is 0.150 e. The molecule has 1 aliphatic heterocycles. The van der Waals surface area contributed by atoms with Crippen LogP contribution in [0.15, 0.2) is 5.38 Å². The third kappa shape index (κ3) is 3.52. The lowest BCUT2D eigenvalue weighted by atomic mass is 9.99. The molecule has 4 nitrogen and oxygen atoms in total. The molecule has 0 saturated carbocycles. The summed E-state index contributed by atoms with van der Waals surface area (Å²) in [6.45, 7) is 2.07. The summed E-state index contributed by atoms with van der Waals surface area (Å²) in [5, 5.41) is 12.1. The van der Waals surface area contributed by atoms with E-state index in [0.29, 0.717) is 17.4 Å². The van der Waals surface area contributed by atoms with Crippen LogP contribution >= 0.6 is 11.3 Å². The van der Waals surface area contributed by atoms with Gasteiger partial charge in [-0.25, -0.2) is 13.4 Å². The molecule has 18 heavy (non-hydrogen) atoms. The van der Waals surface area contributed by atoms with Crippen molar-refractivity contribution in [3.05, 3.63) is 16.1 Å². The van der Waals surface area contributed by atoms with Crippen molar-refractivity contribution >= 4 is 21.2 Å². The van der Waals surface area contributed by atoms with Gasteiger partial charge in [-0.1, -0.05) is 6.92 Å². The number of aliphatic hydroxyl groups is 1. The van der Waals surface area contributed by atoms with Gasteiger partial charge in [-0.05, 0) is 18.8 Å². The van der Waals surface area contributed by atoms with E-state index in [1.54, 1.807) is 11.3 Å². The van der Waals surface area contributed by atoms with Crippen molar-refractivity contribution in [2.45, 2.75) is 32.1 Å². The zero-order valence-electron chi connectivity index (χ0n) is 10.5. The highest BCUT2D eigenvalue weighted by Crippen LogP contribution is 2.26. The molecular weight excluding hydrogens is 270 g/mol. The van der Waals surface area contributed by atoms with E-state index in [4.69, 9.17) is 5.11 Å². The Labute approximate surface area is 112 Å². The van der Waals surface area contributed by atoms with E-state index in [0.717, 1.165) is 30.0 Å². The second-order valence-electron chi connectivity index (χ2n) is 5.05. The number of rotatable bonds is 4. The van der Waals surface area contributed by atoms with E-state index >= 15 is 0 Å². The lowest BCUT2D eigenvalue weighted by Gasteiger charge is -2.20. The van der Waals surface area contributed by atoms with E-state index < -0.39 is 9.84 Å². The second kappa shape index (κ2) is 5.67. The second-order valence-corrected chi connectivity index (χ2v) is 8.30. The number of sulfone groups is 1. The molecule has 2 heterocycles. The number of aromatic nitrogens is 1. The minimum Gasteiger partial charge on any atom is -0.396 e. The Bertz CT molecular complexity index is 481. The van der Waals surface area contributed by atoms with Gasteiger partial charge in [-0.2, -0.15) is 0 Å². The Morgan fingerprint density at radius 2 is 2.17 bits per heavy atom. The molecule has 1 aliphatic rings. The summed E-state index contributed by atoms with van der Waals surface area (Å²) in [6.07, 6.45) is 2.39. The van der Waals surface area contributed by atoms with Crippen LogP contribution < -0.4 is 0 Å². The maximum Gasteiger partial charge on any atom is 0.150 e. The monoisotopic (exact) mass is 289 g/mol. The number of hydrogen-bond donors (Lipinski definition) is 1. The Morgan fingerprint density at radius 3 is 2.78 bits per heavy atom. The molecule has 0 spiro atoms. The summed E-state index contributed by atoms with van der Waals surface area (Å²) >= 11 is 1.62. The molecule has 1 aromatic heterocycles. The standard InChI is InChI=1S/C12H19NO3S2/c1-9(7-14)11-8-17-12(13-11)6-10-2-4-18(15,16)5-3-10/h8-10,14H,2-7H2,1H3. The normalized spacial score (nSPS) is 21.9. The average molecular weight is 289 g/mol. The first-order chi connectivity index (χ1) is 8.50. The molecule has 2 rings (SSSR count). The highest BCUT2D eigenvalue weighted by atomic mass is 32.2. The molecule has 1 aromatic rings. The molecule has 1 unspecified atom stereocenters. The molecule has 1 atom stereocenters. The van der Waals surface area contributed by atoms with Crippen LogP contribution in [0.4, 0.5) is 0 Å². The van der Waals surface area contributed by atoms with Gasteiger partial charge in [0.25, 0.3) is 0 Å². The van der Waals surface area contributed by atoms with E-state index in [1.807, 2.05) is 12.3 Å². The van der Waals surface area contributed by atoms with Gasteiger partial charge >= 0.3 is 0 Å². The van der Waals surface area contributed by atoms with Gasteiger partial charge in [0.05, 0.1) is 28.8 Å². The zero-order valence-corrected chi connectivity index (χ0v) is 12.1. The summed E-state index contributed by atoms with van der Waals surface area (Å²) < 4.78 is 22.7. The fourth-order valence-electron chi connectivity index (χ4n) is 2.13. The molecule has 0 bridgehead atoms. The molecule has 1 N–H and O–H groups in total. The van der Waals surface area contributed by atoms with Gasteiger partial charge in [-0.3, -0.25) is 0 Å². The van der Waals surface area contributed by atoms with E-state index in [-0.39, 0.29) is 12.5 Å². The molecule has 0 aromatic carbocycles.